The molecule has 0 amide bonds. The summed E-state index contributed by atoms with van der Waals surface area (Å²) in [6.07, 6.45) is 0. The lowest BCUT2D eigenvalue weighted by atomic mass is 10.0. The van der Waals surface area contributed by atoms with Crippen LogP contribution in [0.25, 0.3) is 0 Å². The Hall–Kier alpha value is -1.81. The van der Waals surface area contributed by atoms with Crippen LogP contribution < -0.4 is 5.32 Å². The first kappa shape index (κ1) is 14.6. The largest absolute Gasteiger partial charge is 0.304 e. The van der Waals surface area contributed by atoms with E-state index in [9.17, 15) is 13.2 Å². The van der Waals surface area contributed by atoms with Gasteiger partial charge in [0.2, 0.25) is 0 Å². The minimum absolute atomic E-state index is 0.103. The van der Waals surface area contributed by atoms with E-state index in [1.807, 2.05) is 6.92 Å². The molecule has 1 N–H and O–H groups in total. The normalized spacial score (nSPS) is 14.1. The van der Waals surface area contributed by atoms with Crippen LogP contribution in [0.4, 0.5) is 13.2 Å². The molecule has 2 rings (SSSR count). The van der Waals surface area contributed by atoms with Gasteiger partial charge in [-0.3, -0.25) is 0 Å². The zero-order valence-corrected chi connectivity index (χ0v) is 11.3. The predicted octanol–water partition coefficient (Wildman–Crippen LogP) is 4.52. The maximum Gasteiger partial charge on any atom is 0.163 e. The van der Waals surface area contributed by atoms with Gasteiger partial charge in [-0.2, -0.15) is 0 Å². The summed E-state index contributed by atoms with van der Waals surface area (Å²) < 4.78 is 39.8. The molecule has 2 aromatic rings. The van der Waals surface area contributed by atoms with Gasteiger partial charge in [-0.1, -0.05) is 24.3 Å². The van der Waals surface area contributed by atoms with E-state index in [4.69, 9.17) is 0 Å². The van der Waals surface area contributed by atoms with Crippen LogP contribution in [-0.2, 0) is 0 Å². The quantitative estimate of drug-likeness (QED) is 0.868. The van der Waals surface area contributed by atoms with E-state index in [0.29, 0.717) is 0 Å². The Morgan fingerprint density at radius 2 is 1.50 bits per heavy atom. The van der Waals surface area contributed by atoms with E-state index in [1.165, 1.54) is 18.2 Å². The van der Waals surface area contributed by atoms with E-state index < -0.39 is 11.6 Å². The Bertz CT molecular complexity index is 581. The van der Waals surface area contributed by atoms with E-state index in [-0.39, 0.29) is 23.5 Å². The van der Waals surface area contributed by atoms with E-state index in [0.717, 1.165) is 11.6 Å². The highest BCUT2D eigenvalue weighted by atomic mass is 19.2. The maximum atomic E-state index is 13.7. The lowest BCUT2D eigenvalue weighted by molar-refractivity contribution is 0.448. The summed E-state index contributed by atoms with van der Waals surface area (Å²) in [6.45, 7) is 3.65. The summed E-state index contributed by atoms with van der Waals surface area (Å²) in [7, 11) is 0. The van der Waals surface area contributed by atoms with Gasteiger partial charge in [-0.25, -0.2) is 13.2 Å². The molecule has 1 unspecified atom stereocenters. The van der Waals surface area contributed by atoms with Crippen LogP contribution in [0, 0.1) is 17.5 Å². The minimum Gasteiger partial charge on any atom is -0.304 e. The van der Waals surface area contributed by atoms with Crippen molar-refractivity contribution in [1.82, 2.24) is 5.32 Å². The smallest absolute Gasteiger partial charge is 0.163 e. The van der Waals surface area contributed by atoms with Crippen LogP contribution in [0.3, 0.4) is 0 Å². The highest BCUT2D eigenvalue weighted by molar-refractivity contribution is 5.24. The van der Waals surface area contributed by atoms with Crippen LogP contribution in [-0.4, -0.2) is 0 Å². The van der Waals surface area contributed by atoms with Crippen molar-refractivity contribution in [2.24, 2.45) is 0 Å². The zero-order valence-electron chi connectivity index (χ0n) is 11.3. The topological polar surface area (TPSA) is 12.0 Å². The van der Waals surface area contributed by atoms with Crippen molar-refractivity contribution >= 4 is 0 Å². The molecule has 0 aliphatic heterocycles. The highest BCUT2D eigenvalue weighted by Crippen LogP contribution is 2.22. The number of nitrogens with one attached hydrogen (secondary N) is 1. The molecule has 2 aromatic carbocycles. The van der Waals surface area contributed by atoms with Gasteiger partial charge in [0, 0.05) is 17.6 Å². The number of hydrogen-bond acceptors (Lipinski definition) is 1. The molecule has 0 heterocycles. The molecule has 0 saturated carbocycles. The molecule has 2 atom stereocenters. The highest BCUT2D eigenvalue weighted by Gasteiger charge is 2.16. The van der Waals surface area contributed by atoms with Crippen LogP contribution in [0.2, 0.25) is 0 Å². The summed E-state index contributed by atoms with van der Waals surface area (Å²) in [6, 6.07) is 9.75. The van der Waals surface area contributed by atoms with Crippen LogP contribution in [0.15, 0.2) is 42.5 Å². The molecule has 0 radical (unpaired) electrons. The van der Waals surface area contributed by atoms with E-state index in [2.05, 4.69) is 5.32 Å². The monoisotopic (exact) mass is 279 g/mol. The van der Waals surface area contributed by atoms with Crippen molar-refractivity contribution in [3.8, 4) is 0 Å². The van der Waals surface area contributed by atoms with Gasteiger partial charge in [0.1, 0.15) is 5.82 Å². The van der Waals surface area contributed by atoms with Crippen LogP contribution in [0.5, 0.6) is 0 Å². The Labute approximate surface area is 116 Å². The predicted molar refractivity (Wildman–Crippen MR) is 72.7 cm³/mol. The van der Waals surface area contributed by atoms with Gasteiger partial charge >= 0.3 is 0 Å². The third kappa shape index (κ3) is 3.20. The Balaban J connectivity index is 2.13. The minimum atomic E-state index is -0.856. The summed E-state index contributed by atoms with van der Waals surface area (Å²) in [5.74, 6) is -1.99. The Morgan fingerprint density at radius 3 is 2.15 bits per heavy atom. The first-order valence-electron chi connectivity index (χ1n) is 6.44. The number of hydrogen-bond donors (Lipinski definition) is 1. The van der Waals surface area contributed by atoms with Crippen molar-refractivity contribution in [3.05, 3.63) is 71.0 Å². The molecule has 0 aliphatic carbocycles. The van der Waals surface area contributed by atoms with E-state index >= 15 is 0 Å². The number of halogens is 3. The third-order valence-corrected chi connectivity index (χ3v) is 3.32. The second-order valence-corrected chi connectivity index (χ2v) is 4.80. The number of benzene rings is 2. The SMILES string of the molecule is CC(N[C@H](C)c1ccc(F)cc1)c1cccc(F)c1F. The van der Waals surface area contributed by atoms with Gasteiger partial charge < -0.3 is 5.32 Å². The Morgan fingerprint density at radius 1 is 0.850 bits per heavy atom. The third-order valence-electron chi connectivity index (χ3n) is 3.32. The summed E-state index contributed by atoms with van der Waals surface area (Å²) in [5.41, 5.74) is 1.16. The lowest BCUT2D eigenvalue weighted by Gasteiger charge is -2.21. The van der Waals surface area contributed by atoms with Gasteiger partial charge in [0.15, 0.2) is 11.6 Å². The van der Waals surface area contributed by atoms with Crippen molar-refractivity contribution in [1.29, 1.82) is 0 Å². The molecule has 0 bridgehead atoms. The molecule has 0 aromatic heterocycles. The second-order valence-electron chi connectivity index (χ2n) is 4.80. The molecule has 0 fully saturated rings. The fourth-order valence-corrected chi connectivity index (χ4v) is 2.17. The average molecular weight is 279 g/mol. The Kier molecular flexibility index (Phi) is 4.45. The van der Waals surface area contributed by atoms with Gasteiger partial charge in [0.25, 0.3) is 0 Å². The lowest BCUT2D eigenvalue weighted by Crippen LogP contribution is -2.23. The first-order valence-corrected chi connectivity index (χ1v) is 6.44. The molecule has 0 spiro atoms. The second kappa shape index (κ2) is 6.09. The van der Waals surface area contributed by atoms with Crippen molar-refractivity contribution in [2.75, 3.05) is 0 Å². The molecular weight excluding hydrogens is 263 g/mol. The standard InChI is InChI=1S/C16H16F3N/c1-10(12-6-8-13(17)9-7-12)20-11(2)14-4-3-5-15(18)16(14)19/h3-11,20H,1-2H3/t10-,11?/m1/s1. The first-order chi connectivity index (χ1) is 9.49. The number of rotatable bonds is 4. The fraction of sp³-hybridized carbons (Fsp3) is 0.250. The molecule has 106 valence electrons. The molecule has 4 heteroatoms. The van der Waals surface area contributed by atoms with Gasteiger partial charge in [-0.05, 0) is 37.6 Å². The van der Waals surface area contributed by atoms with Crippen LogP contribution in [0.1, 0.15) is 37.1 Å². The van der Waals surface area contributed by atoms with Crippen molar-refractivity contribution < 1.29 is 13.2 Å². The summed E-state index contributed by atoms with van der Waals surface area (Å²) in [4.78, 5) is 0. The van der Waals surface area contributed by atoms with Gasteiger partial charge in [0.05, 0.1) is 0 Å². The van der Waals surface area contributed by atoms with Crippen molar-refractivity contribution in [3.63, 3.8) is 0 Å². The fourth-order valence-electron chi connectivity index (χ4n) is 2.17. The molecule has 1 nitrogen and oxygen atoms in total. The zero-order chi connectivity index (χ0) is 14.7. The van der Waals surface area contributed by atoms with Gasteiger partial charge in [-0.15, -0.1) is 0 Å². The average Bonchev–Trinajstić information content (AvgIpc) is 2.42. The van der Waals surface area contributed by atoms with Crippen molar-refractivity contribution in [2.45, 2.75) is 25.9 Å². The molecule has 20 heavy (non-hydrogen) atoms. The summed E-state index contributed by atoms with van der Waals surface area (Å²) in [5, 5.41) is 3.17. The van der Waals surface area contributed by atoms with Crippen LogP contribution >= 0.6 is 0 Å². The van der Waals surface area contributed by atoms with E-state index in [1.54, 1.807) is 25.1 Å². The molecule has 0 aliphatic rings. The molecular formula is C16H16F3N. The maximum absolute atomic E-state index is 13.7. The molecule has 0 saturated heterocycles. The summed E-state index contributed by atoms with van der Waals surface area (Å²) >= 11 is 0.